The highest BCUT2D eigenvalue weighted by Gasteiger charge is 2.59. The van der Waals surface area contributed by atoms with E-state index in [1.54, 1.807) is 55.5 Å². The number of aromatic nitrogens is 1. The average Bonchev–Trinajstić information content (AvgIpc) is 3.38. The third-order valence-corrected chi connectivity index (χ3v) is 9.84. The van der Waals surface area contributed by atoms with Crippen molar-refractivity contribution in [2.45, 2.75) is 43.0 Å². The summed E-state index contributed by atoms with van der Waals surface area (Å²) >= 11 is 2.15. The summed E-state index contributed by atoms with van der Waals surface area (Å²) in [6.07, 6.45) is 0. The molecule has 2 aliphatic heterocycles. The molecule has 1 saturated heterocycles. The van der Waals surface area contributed by atoms with Crippen LogP contribution in [-0.4, -0.2) is 47.2 Å². The number of nitrogens with one attached hydrogen (secondary N) is 1. The fourth-order valence-electron chi connectivity index (χ4n) is 5.00. The highest BCUT2D eigenvalue weighted by Crippen LogP contribution is 2.54. The lowest BCUT2D eigenvalue weighted by Gasteiger charge is -2.36. The third kappa shape index (κ3) is 4.71. The Morgan fingerprint density at radius 3 is 2.30 bits per heavy atom. The van der Waals surface area contributed by atoms with Gasteiger partial charge in [-0.15, -0.1) is 0 Å². The number of hydrogen-bond donors (Lipinski definition) is 1. The number of anilines is 2. The van der Waals surface area contributed by atoms with E-state index < -0.39 is 28.5 Å². The molecule has 0 spiro atoms. The lowest BCUT2D eigenvalue weighted by atomic mass is 9.76. The molecule has 0 aliphatic carbocycles. The van der Waals surface area contributed by atoms with Crippen molar-refractivity contribution >= 4 is 58.2 Å². The number of ether oxygens (including phenoxy) is 2. The van der Waals surface area contributed by atoms with E-state index in [1.165, 1.54) is 16.6 Å². The van der Waals surface area contributed by atoms with Crippen molar-refractivity contribution in [3.05, 3.63) is 68.6 Å². The molecule has 5 rings (SSSR count). The molecule has 3 amide bonds. The van der Waals surface area contributed by atoms with Crippen LogP contribution in [0.1, 0.15) is 36.0 Å². The molecule has 3 heterocycles. The fraction of sp³-hybridized carbons (Fsp3) is 0.321. The Morgan fingerprint density at radius 1 is 1.00 bits per heavy atom. The number of rotatable bonds is 7. The van der Waals surface area contributed by atoms with Crippen molar-refractivity contribution in [2.75, 3.05) is 23.9 Å². The summed E-state index contributed by atoms with van der Waals surface area (Å²) in [6, 6.07) is 13.0. The number of amides is 3. The predicted molar refractivity (Wildman–Crippen MR) is 151 cm³/mol. The molecule has 0 bridgehead atoms. The normalized spacial score (nSPS) is 19.1. The number of carbonyl (C=O) groups excluding carboxylic acids is 4. The van der Waals surface area contributed by atoms with Crippen LogP contribution >= 0.6 is 23.1 Å². The minimum absolute atomic E-state index is 0.257. The Balaban J connectivity index is 1.38. The molecule has 1 N–H and O–H groups in total. The van der Waals surface area contributed by atoms with E-state index in [4.69, 9.17) is 9.47 Å². The SMILES string of the molecule is CCOC(=O)c1ccc(NC(=O)Cn2c3c(sc2=O)C(C)(C)[C@H]2C(=O)N(c4ccc(OC)cc4)C(=O)[C@H]2S3)cc1. The smallest absolute Gasteiger partial charge is 0.338 e. The average molecular weight is 582 g/mol. The van der Waals surface area contributed by atoms with Crippen molar-refractivity contribution in [1.29, 1.82) is 0 Å². The summed E-state index contributed by atoms with van der Waals surface area (Å²) < 4.78 is 11.5. The lowest BCUT2D eigenvalue weighted by Crippen LogP contribution is -2.41. The number of carbonyl (C=O) groups is 4. The fourth-order valence-corrected chi connectivity index (χ4v) is 8.04. The van der Waals surface area contributed by atoms with Gasteiger partial charge >= 0.3 is 10.8 Å². The van der Waals surface area contributed by atoms with Gasteiger partial charge in [-0.05, 0) is 55.5 Å². The van der Waals surface area contributed by atoms with Crippen LogP contribution < -0.4 is 19.8 Å². The highest BCUT2D eigenvalue weighted by atomic mass is 32.2. The number of hydrogen-bond acceptors (Lipinski definition) is 9. The van der Waals surface area contributed by atoms with Crippen LogP contribution in [0.2, 0.25) is 0 Å². The van der Waals surface area contributed by atoms with Crippen LogP contribution in [-0.2, 0) is 31.1 Å². The second kappa shape index (κ2) is 10.6. The van der Waals surface area contributed by atoms with Crippen molar-refractivity contribution in [3.8, 4) is 5.75 Å². The first kappa shape index (κ1) is 27.7. The molecule has 208 valence electrons. The molecular weight excluding hydrogens is 554 g/mol. The molecule has 12 heteroatoms. The minimum atomic E-state index is -0.812. The molecule has 2 aliphatic rings. The topological polar surface area (TPSA) is 124 Å². The van der Waals surface area contributed by atoms with E-state index in [0.717, 1.165) is 23.1 Å². The number of thioether (sulfide) groups is 1. The highest BCUT2D eigenvalue weighted by molar-refractivity contribution is 8.00. The molecular formula is C28H27N3O7S2. The number of nitrogens with zero attached hydrogens (tertiary/aromatic N) is 2. The summed E-state index contributed by atoms with van der Waals surface area (Å²) in [5.74, 6) is -1.65. The number of benzene rings is 2. The largest absolute Gasteiger partial charge is 0.497 e. The Labute approximate surface area is 238 Å². The Morgan fingerprint density at radius 2 is 1.68 bits per heavy atom. The zero-order valence-corrected chi connectivity index (χ0v) is 23.9. The van der Waals surface area contributed by atoms with E-state index >= 15 is 0 Å². The standard InChI is InChI=1S/C28H27N3O7S2/c1-5-38-26(35)15-6-8-16(9-7-15)29-19(32)14-30-25-22(40-27(30)36)28(2,3)20-21(39-25)24(34)31(23(20)33)17-10-12-18(37-4)13-11-17/h6-13,20-21H,5,14H2,1-4H3,(H,29,32)/t20-,21+/m1/s1. The number of methoxy groups -OCH3 is 1. The van der Waals surface area contributed by atoms with Gasteiger partial charge in [-0.2, -0.15) is 0 Å². The summed E-state index contributed by atoms with van der Waals surface area (Å²) in [7, 11) is 1.54. The van der Waals surface area contributed by atoms with E-state index in [2.05, 4.69) is 5.32 Å². The third-order valence-electron chi connectivity index (χ3n) is 7.02. The Hall–Kier alpha value is -3.90. The first-order valence-corrected chi connectivity index (χ1v) is 14.3. The predicted octanol–water partition coefficient (Wildman–Crippen LogP) is 3.68. The van der Waals surface area contributed by atoms with E-state index in [-0.39, 0.29) is 29.8 Å². The second-order valence-electron chi connectivity index (χ2n) is 9.88. The van der Waals surface area contributed by atoms with Gasteiger partial charge in [0.25, 0.3) is 0 Å². The van der Waals surface area contributed by atoms with E-state index in [1.807, 2.05) is 13.8 Å². The number of esters is 1. The van der Waals surface area contributed by atoms with E-state index in [9.17, 15) is 24.0 Å². The minimum Gasteiger partial charge on any atom is -0.497 e. The van der Waals surface area contributed by atoms with Crippen molar-refractivity contribution in [2.24, 2.45) is 5.92 Å². The van der Waals surface area contributed by atoms with Gasteiger partial charge in [-0.1, -0.05) is 36.9 Å². The van der Waals surface area contributed by atoms with Crippen LogP contribution in [0.3, 0.4) is 0 Å². The molecule has 40 heavy (non-hydrogen) atoms. The zero-order chi connectivity index (χ0) is 28.8. The molecule has 1 fully saturated rings. The maximum Gasteiger partial charge on any atom is 0.338 e. The monoisotopic (exact) mass is 581 g/mol. The zero-order valence-electron chi connectivity index (χ0n) is 22.3. The summed E-state index contributed by atoms with van der Waals surface area (Å²) in [4.78, 5) is 66.5. The second-order valence-corrected chi connectivity index (χ2v) is 12.0. The number of imide groups is 1. The summed E-state index contributed by atoms with van der Waals surface area (Å²) in [6.45, 7) is 5.42. The van der Waals surface area contributed by atoms with Gasteiger partial charge in [0.1, 0.15) is 17.5 Å². The van der Waals surface area contributed by atoms with Crippen molar-refractivity contribution < 1.29 is 28.7 Å². The summed E-state index contributed by atoms with van der Waals surface area (Å²) in [5.41, 5.74) is 0.453. The molecule has 2 aromatic carbocycles. The summed E-state index contributed by atoms with van der Waals surface area (Å²) in [5, 5.41) is 2.52. The van der Waals surface area contributed by atoms with Gasteiger partial charge in [-0.25, -0.2) is 9.69 Å². The van der Waals surface area contributed by atoms with Crippen LogP contribution in [0.25, 0.3) is 0 Å². The van der Waals surface area contributed by atoms with Crippen LogP contribution in [0.4, 0.5) is 11.4 Å². The van der Waals surface area contributed by atoms with Gasteiger partial charge < -0.3 is 14.8 Å². The van der Waals surface area contributed by atoms with Crippen molar-refractivity contribution in [3.63, 3.8) is 0 Å². The van der Waals surface area contributed by atoms with Crippen LogP contribution in [0.15, 0.2) is 58.4 Å². The van der Waals surface area contributed by atoms with Crippen LogP contribution in [0, 0.1) is 5.92 Å². The maximum absolute atomic E-state index is 13.6. The van der Waals surface area contributed by atoms with Gasteiger partial charge in [-0.3, -0.25) is 23.7 Å². The molecule has 0 unspecified atom stereocenters. The van der Waals surface area contributed by atoms with Gasteiger partial charge in [0, 0.05) is 16.0 Å². The van der Waals surface area contributed by atoms with Crippen LogP contribution in [0.5, 0.6) is 5.75 Å². The Kier molecular flexibility index (Phi) is 7.32. The van der Waals surface area contributed by atoms with Gasteiger partial charge in [0.15, 0.2) is 0 Å². The first-order valence-electron chi connectivity index (χ1n) is 12.6. The van der Waals surface area contributed by atoms with Crippen molar-refractivity contribution in [1.82, 2.24) is 4.57 Å². The number of fused-ring (bicyclic) bond motifs is 2. The Bertz CT molecular complexity index is 1560. The number of thiazole rings is 1. The molecule has 2 atom stereocenters. The molecule has 1 aromatic heterocycles. The maximum atomic E-state index is 13.6. The van der Waals surface area contributed by atoms with Gasteiger partial charge in [0.05, 0.1) is 35.9 Å². The van der Waals surface area contributed by atoms with E-state index in [0.29, 0.717) is 32.6 Å². The molecule has 10 nitrogen and oxygen atoms in total. The quantitative estimate of drug-likeness (QED) is 0.331. The molecule has 0 radical (unpaired) electrons. The molecule has 3 aromatic rings. The molecule has 0 saturated carbocycles. The lowest BCUT2D eigenvalue weighted by molar-refractivity contribution is -0.123. The first-order chi connectivity index (χ1) is 19.1. The van der Waals surface area contributed by atoms with Gasteiger partial charge in [0.2, 0.25) is 17.7 Å².